The van der Waals surface area contributed by atoms with Gasteiger partial charge in [-0.3, -0.25) is 0 Å². The van der Waals surface area contributed by atoms with Gasteiger partial charge in [0.2, 0.25) is 0 Å². The van der Waals surface area contributed by atoms with Crippen LogP contribution in [0.1, 0.15) is 11.1 Å². The van der Waals surface area contributed by atoms with Gasteiger partial charge in [0.05, 0.1) is 0 Å². The van der Waals surface area contributed by atoms with E-state index in [0.717, 1.165) is 18.5 Å². The Bertz CT molecular complexity index is 542. The first-order valence-corrected chi connectivity index (χ1v) is 6.45. The third kappa shape index (κ3) is 4.23. The first-order valence-electron chi connectivity index (χ1n) is 6.08. The van der Waals surface area contributed by atoms with Crippen LogP contribution in [0.4, 0.5) is 4.39 Å². The molecule has 19 heavy (non-hydrogen) atoms. The second-order valence-corrected chi connectivity index (χ2v) is 4.77. The van der Waals surface area contributed by atoms with E-state index in [1.54, 1.807) is 18.2 Å². The van der Waals surface area contributed by atoms with Gasteiger partial charge in [0.15, 0.2) is 0 Å². The van der Waals surface area contributed by atoms with Crippen molar-refractivity contribution in [3.63, 3.8) is 0 Å². The van der Waals surface area contributed by atoms with Gasteiger partial charge in [0.25, 0.3) is 0 Å². The molecule has 0 bridgehead atoms. The molecular weight excluding hydrogens is 265 g/mol. The fraction of sp³-hybridized carbons (Fsp3) is 0.200. The summed E-state index contributed by atoms with van der Waals surface area (Å²) in [6.45, 7) is 1.18. The summed E-state index contributed by atoms with van der Waals surface area (Å²) in [7, 11) is 0. The zero-order chi connectivity index (χ0) is 13.7. The van der Waals surface area contributed by atoms with Crippen LogP contribution in [-0.2, 0) is 13.0 Å². The highest BCUT2D eigenvalue weighted by molar-refractivity contribution is 6.30. The summed E-state index contributed by atoms with van der Waals surface area (Å²) < 4.78 is 13.4. The number of rotatable bonds is 5. The Kier molecular flexibility index (Phi) is 4.77. The van der Waals surface area contributed by atoms with Crippen molar-refractivity contribution in [2.24, 2.45) is 0 Å². The summed E-state index contributed by atoms with van der Waals surface area (Å²) in [5.74, 6) is 0.0132. The fourth-order valence-electron chi connectivity index (χ4n) is 1.80. The number of hydrogen-bond donors (Lipinski definition) is 2. The topological polar surface area (TPSA) is 32.3 Å². The normalized spacial score (nSPS) is 10.6. The lowest BCUT2D eigenvalue weighted by atomic mass is 10.1. The molecule has 2 aromatic rings. The van der Waals surface area contributed by atoms with Crippen molar-refractivity contribution in [3.05, 3.63) is 64.4 Å². The average molecular weight is 280 g/mol. The van der Waals surface area contributed by atoms with Crippen LogP contribution < -0.4 is 5.32 Å². The van der Waals surface area contributed by atoms with Gasteiger partial charge >= 0.3 is 0 Å². The van der Waals surface area contributed by atoms with Gasteiger partial charge in [0.1, 0.15) is 11.6 Å². The van der Waals surface area contributed by atoms with E-state index in [1.165, 1.54) is 12.1 Å². The molecular formula is C15H15ClFNO. The van der Waals surface area contributed by atoms with Crippen molar-refractivity contribution in [1.82, 2.24) is 5.32 Å². The molecule has 2 N–H and O–H groups in total. The summed E-state index contributed by atoms with van der Waals surface area (Å²) in [6.07, 6.45) is 0.822. The van der Waals surface area contributed by atoms with Crippen molar-refractivity contribution < 1.29 is 9.50 Å². The Hall–Kier alpha value is -1.58. The largest absolute Gasteiger partial charge is 0.508 e. The SMILES string of the molecule is Oc1ccc(CCNCc2cc(Cl)ccc2F)cc1. The van der Waals surface area contributed by atoms with E-state index in [0.29, 0.717) is 17.1 Å². The minimum atomic E-state index is -0.249. The molecule has 0 aliphatic carbocycles. The number of phenolic OH excluding ortho intramolecular Hbond substituents is 1. The van der Waals surface area contributed by atoms with Gasteiger partial charge in [-0.05, 0) is 48.9 Å². The Morgan fingerprint density at radius 2 is 1.84 bits per heavy atom. The molecule has 0 fully saturated rings. The summed E-state index contributed by atoms with van der Waals surface area (Å²) in [6, 6.07) is 11.6. The third-order valence-corrected chi connectivity index (χ3v) is 3.09. The summed E-state index contributed by atoms with van der Waals surface area (Å²) in [4.78, 5) is 0. The van der Waals surface area contributed by atoms with Gasteiger partial charge in [-0.1, -0.05) is 23.7 Å². The minimum Gasteiger partial charge on any atom is -0.508 e. The predicted molar refractivity (Wildman–Crippen MR) is 74.9 cm³/mol. The first kappa shape index (κ1) is 13.8. The van der Waals surface area contributed by atoms with Crippen LogP contribution in [0.2, 0.25) is 5.02 Å². The molecule has 4 heteroatoms. The maximum Gasteiger partial charge on any atom is 0.127 e. The maximum absolute atomic E-state index is 13.4. The first-order chi connectivity index (χ1) is 9.15. The second kappa shape index (κ2) is 6.55. The number of hydrogen-bond acceptors (Lipinski definition) is 2. The molecule has 2 aromatic carbocycles. The van der Waals surface area contributed by atoms with Crippen molar-refractivity contribution in [1.29, 1.82) is 0 Å². The Balaban J connectivity index is 1.80. The number of nitrogens with one attached hydrogen (secondary N) is 1. The fourth-order valence-corrected chi connectivity index (χ4v) is 1.99. The lowest BCUT2D eigenvalue weighted by Gasteiger charge is -2.07. The van der Waals surface area contributed by atoms with Crippen molar-refractivity contribution in [2.45, 2.75) is 13.0 Å². The Morgan fingerprint density at radius 3 is 2.58 bits per heavy atom. The molecule has 0 aromatic heterocycles. The molecule has 0 aliphatic heterocycles. The highest BCUT2D eigenvalue weighted by atomic mass is 35.5. The van der Waals surface area contributed by atoms with E-state index in [9.17, 15) is 4.39 Å². The van der Waals surface area contributed by atoms with Crippen LogP contribution in [0.25, 0.3) is 0 Å². The van der Waals surface area contributed by atoms with E-state index in [2.05, 4.69) is 5.32 Å². The van der Waals surface area contributed by atoms with E-state index in [-0.39, 0.29) is 11.6 Å². The molecule has 0 atom stereocenters. The van der Waals surface area contributed by atoms with Gasteiger partial charge in [-0.15, -0.1) is 0 Å². The monoisotopic (exact) mass is 279 g/mol. The third-order valence-electron chi connectivity index (χ3n) is 2.85. The number of aromatic hydroxyl groups is 1. The predicted octanol–water partition coefficient (Wildman–Crippen LogP) is 3.52. The molecule has 0 saturated carbocycles. The molecule has 0 heterocycles. The maximum atomic E-state index is 13.4. The molecule has 0 radical (unpaired) electrons. The molecule has 0 amide bonds. The van der Waals surface area contributed by atoms with Gasteiger partial charge in [-0.2, -0.15) is 0 Å². The number of phenols is 1. The van der Waals surface area contributed by atoms with Gasteiger partial charge < -0.3 is 10.4 Å². The molecule has 0 aliphatic rings. The lowest BCUT2D eigenvalue weighted by molar-refractivity contribution is 0.475. The Labute approximate surface area is 116 Å². The van der Waals surface area contributed by atoms with Crippen LogP contribution in [0.3, 0.4) is 0 Å². The zero-order valence-electron chi connectivity index (χ0n) is 10.4. The summed E-state index contributed by atoms with van der Waals surface area (Å²) >= 11 is 5.82. The number of halogens is 2. The smallest absolute Gasteiger partial charge is 0.127 e. The minimum absolute atomic E-state index is 0.249. The lowest BCUT2D eigenvalue weighted by Crippen LogP contribution is -2.17. The van der Waals surface area contributed by atoms with Crippen LogP contribution >= 0.6 is 11.6 Å². The summed E-state index contributed by atoms with van der Waals surface area (Å²) in [5.41, 5.74) is 1.69. The van der Waals surface area contributed by atoms with Gasteiger partial charge in [-0.25, -0.2) is 4.39 Å². The Morgan fingerprint density at radius 1 is 1.11 bits per heavy atom. The molecule has 2 rings (SSSR count). The second-order valence-electron chi connectivity index (χ2n) is 4.33. The van der Waals surface area contributed by atoms with Gasteiger partial charge in [0, 0.05) is 17.1 Å². The van der Waals surface area contributed by atoms with E-state index in [4.69, 9.17) is 16.7 Å². The summed E-state index contributed by atoms with van der Waals surface area (Å²) in [5, 5.41) is 12.9. The van der Waals surface area contributed by atoms with Crippen LogP contribution in [0.5, 0.6) is 5.75 Å². The van der Waals surface area contributed by atoms with Crippen LogP contribution in [0.15, 0.2) is 42.5 Å². The van der Waals surface area contributed by atoms with E-state index < -0.39 is 0 Å². The van der Waals surface area contributed by atoms with E-state index in [1.807, 2.05) is 12.1 Å². The van der Waals surface area contributed by atoms with Crippen molar-refractivity contribution >= 4 is 11.6 Å². The molecule has 0 unspecified atom stereocenters. The van der Waals surface area contributed by atoms with Crippen LogP contribution in [0, 0.1) is 5.82 Å². The standard InChI is InChI=1S/C15H15ClFNO/c16-13-3-6-15(17)12(9-13)10-18-8-7-11-1-4-14(19)5-2-11/h1-6,9,18-19H,7-8,10H2. The number of benzene rings is 2. The molecule has 100 valence electrons. The molecule has 0 spiro atoms. The highest BCUT2D eigenvalue weighted by Gasteiger charge is 2.02. The highest BCUT2D eigenvalue weighted by Crippen LogP contribution is 2.14. The van der Waals surface area contributed by atoms with Crippen molar-refractivity contribution in [2.75, 3.05) is 6.54 Å². The average Bonchev–Trinajstić information content (AvgIpc) is 2.40. The molecule has 2 nitrogen and oxygen atoms in total. The van der Waals surface area contributed by atoms with Crippen LogP contribution in [-0.4, -0.2) is 11.7 Å². The quantitative estimate of drug-likeness (QED) is 0.821. The zero-order valence-corrected chi connectivity index (χ0v) is 11.1. The van der Waals surface area contributed by atoms with Crippen molar-refractivity contribution in [3.8, 4) is 5.75 Å². The molecule has 0 saturated heterocycles. The van der Waals surface area contributed by atoms with E-state index >= 15 is 0 Å².